The predicted octanol–water partition coefficient (Wildman–Crippen LogP) is 3.82. The number of carbonyl (C=O) groups excluding carboxylic acids is 2. The van der Waals surface area contributed by atoms with Crippen LogP contribution in [0.4, 0.5) is 0 Å². The third-order valence-corrected chi connectivity index (χ3v) is 6.01. The second-order valence-corrected chi connectivity index (χ2v) is 8.90. The number of hydrogen-bond donors (Lipinski definition) is 2. The van der Waals surface area contributed by atoms with Crippen LogP contribution >= 0.6 is 0 Å². The van der Waals surface area contributed by atoms with Gasteiger partial charge in [0.25, 0.3) is 0 Å². The molecule has 32 heavy (non-hydrogen) atoms. The highest BCUT2D eigenvalue weighted by molar-refractivity contribution is 6.09. The lowest BCUT2D eigenvalue weighted by atomic mass is 9.89. The third-order valence-electron chi connectivity index (χ3n) is 6.01. The summed E-state index contributed by atoms with van der Waals surface area (Å²) in [6.07, 6.45) is -0.474. The molecule has 3 rings (SSSR count). The van der Waals surface area contributed by atoms with Gasteiger partial charge in [-0.3, -0.25) is 9.59 Å². The Morgan fingerprint density at radius 1 is 1.28 bits per heavy atom. The molecular weight excluding hydrogens is 416 g/mol. The second kappa shape index (κ2) is 8.58. The number of carbonyl (C=O) groups is 2. The summed E-state index contributed by atoms with van der Waals surface area (Å²) in [5.74, 6) is -1.53. The maximum absolute atomic E-state index is 13.3. The number of phenolic OH excluding ortho intramolecular Hbond substituents is 1. The molecule has 3 atom stereocenters. The molecule has 0 aliphatic carbocycles. The molecule has 0 amide bonds. The molecule has 0 saturated heterocycles. The van der Waals surface area contributed by atoms with Crippen molar-refractivity contribution in [3.8, 4) is 11.5 Å². The third kappa shape index (κ3) is 4.11. The van der Waals surface area contributed by atoms with Crippen LogP contribution in [0.25, 0.3) is 11.0 Å². The first-order valence-corrected chi connectivity index (χ1v) is 10.9. The van der Waals surface area contributed by atoms with Gasteiger partial charge < -0.3 is 24.1 Å². The summed E-state index contributed by atoms with van der Waals surface area (Å²) < 4.78 is 16.8. The molecule has 0 bridgehead atoms. The Morgan fingerprint density at radius 3 is 2.47 bits per heavy atom. The van der Waals surface area contributed by atoms with Crippen molar-refractivity contribution in [3.63, 3.8) is 0 Å². The van der Waals surface area contributed by atoms with E-state index in [1.54, 1.807) is 27.7 Å². The van der Waals surface area contributed by atoms with Crippen molar-refractivity contribution in [1.29, 1.82) is 0 Å². The summed E-state index contributed by atoms with van der Waals surface area (Å²) in [5.41, 5.74) is -1.20. The van der Waals surface area contributed by atoms with E-state index in [0.29, 0.717) is 18.4 Å². The minimum absolute atomic E-state index is 0.0126. The van der Waals surface area contributed by atoms with Gasteiger partial charge in [-0.2, -0.15) is 0 Å². The molecule has 1 aliphatic heterocycles. The smallest absolute Gasteiger partial charge is 0.336 e. The van der Waals surface area contributed by atoms with E-state index in [-0.39, 0.29) is 45.8 Å². The predicted molar refractivity (Wildman–Crippen MR) is 117 cm³/mol. The van der Waals surface area contributed by atoms with Gasteiger partial charge in [0.15, 0.2) is 5.78 Å². The van der Waals surface area contributed by atoms with E-state index in [4.69, 9.17) is 13.9 Å². The van der Waals surface area contributed by atoms with Crippen molar-refractivity contribution in [2.45, 2.75) is 78.6 Å². The second-order valence-electron chi connectivity index (χ2n) is 8.90. The molecule has 2 N–H and O–H groups in total. The maximum Gasteiger partial charge on any atom is 0.336 e. The standard InChI is InChI=1S/C24H30O8/c1-7-11(3)20(27)19-21(28)18-13(15(8-2)30-12(4)25)10-17(26)32-22(18)14-9-16(24(5,6)29)31-23(14)19/h10-11,15-16,28-29H,7-9H2,1-6H3/t11-,15-,16?/m0/s1. The van der Waals surface area contributed by atoms with Gasteiger partial charge in [0, 0.05) is 36.5 Å². The van der Waals surface area contributed by atoms with Crippen molar-refractivity contribution in [3.05, 3.63) is 33.2 Å². The van der Waals surface area contributed by atoms with E-state index in [9.17, 15) is 24.6 Å². The highest BCUT2D eigenvalue weighted by Gasteiger charge is 2.41. The van der Waals surface area contributed by atoms with Crippen LogP contribution in [-0.2, 0) is 16.0 Å². The van der Waals surface area contributed by atoms with Crippen LogP contribution in [0.2, 0.25) is 0 Å². The zero-order chi connectivity index (χ0) is 24.0. The first-order valence-electron chi connectivity index (χ1n) is 10.9. The number of benzene rings is 1. The molecule has 1 aromatic carbocycles. The molecular formula is C24H30O8. The van der Waals surface area contributed by atoms with Gasteiger partial charge in [0.05, 0.1) is 11.0 Å². The zero-order valence-corrected chi connectivity index (χ0v) is 19.3. The van der Waals surface area contributed by atoms with Gasteiger partial charge in [-0.1, -0.05) is 20.8 Å². The molecule has 1 aromatic heterocycles. The minimum atomic E-state index is -1.25. The number of aromatic hydroxyl groups is 1. The van der Waals surface area contributed by atoms with Gasteiger partial charge in [0.1, 0.15) is 34.9 Å². The fourth-order valence-corrected chi connectivity index (χ4v) is 4.01. The lowest BCUT2D eigenvalue weighted by molar-refractivity contribution is -0.146. The quantitative estimate of drug-likeness (QED) is 0.374. The number of esters is 1. The summed E-state index contributed by atoms with van der Waals surface area (Å²) in [5, 5.41) is 22.0. The number of rotatable bonds is 7. The molecule has 0 radical (unpaired) electrons. The Kier molecular flexibility index (Phi) is 6.38. The lowest BCUT2D eigenvalue weighted by Gasteiger charge is -2.25. The molecule has 0 spiro atoms. The molecule has 2 heterocycles. The van der Waals surface area contributed by atoms with Gasteiger partial charge in [-0.15, -0.1) is 0 Å². The van der Waals surface area contributed by atoms with Crippen LogP contribution in [0.3, 0.4) is 0 Å². The summed E-state index contributed by atoms with van der Waals surface area (Å²) in [6, 6.07) is 1.17. The van der Waals surface area contributed by atoms with Crippen molar-refractivity contribution < 1.29 is 33.7 Å². The molecule has 8 heteroatoms. The van der Waals surface area contributed by atoms with Gasteiger partial charge in [0.2, 0.25) is 0 Å². The van der Waals surface area contributed by atoms with Crippen LogP contribution in [-0.4, -0.2) is 33.7 Å². The Morgan fingerprint density at radius 2 is 1.94 bits per heavy atom. The average Bonchev–Trinajstić information content (AvgIpc) is 3.16. The van der Waals surface area contributed by atoms with Crippen LogP contribution in [0, 0.1) is 5.92 Å². The van der Waals surface area contributed by atoms with E-state index in [1.807, 2.05) is 6.92 Å². The first-order chi connectivity index (χ1) is 14.9. The van der Waals surface area contributed by atoms with Crippen LogP contribution in [0.15, 0.2) is 15.3 Å². The number of hydrogen-bond acceptors (Lipinski definition) is 8. The lowest BCUT2D eigenvalue weighted by Crippen LogP contribution is -2.39. The average molecular weight is 446 g/mol. The number of aliphatic hydroxyl groups is 1. The normalized spacial score (nSPS) is 17.5. The molecule has 0 saturated carbocycles. The fraction of sp³-hybridized carbons (Fsp3) is 0.542. The van der Waals surface area contributed by atoms with E-state index in [2.05, 4.69) is 0 Å². The van der Waals surface area contributed by atoms with Gasteiger partial charge >= 0.3 is 11.6 Å². The van der Waals surface area contributed by atoms with E-state index in [0.717, 1.165) is 0 Å². The van der Waals surface area contributed by atoms with Gasteiger partial charge in [-0.25, -0.2) is 4.79 Å². The van der Waals surface area contributed by atoms with E-state index in [1.165, 1.54) is 13.0 Å². The molecule has 1 aliphatic rings. The fourth-order valence-electron chi connectivity index (χ4n) is 4.01. The van der Waals surface area contributed by atoms with Gasteiger partial charge in [-0.05, 0) is 26.7 Å². The van der Waals surface area contributed by atoms with Crippen molar-refractivity contribution in [1.82, 2.24) is 0 Å². The largest absolute Gasteiger partial charge is 0.506 e. The highest BCUT2D eigenvalue weighted by atomic mass is 16.5. The SMILES string of the molecule is CC[C@H](OC(C)=O)c1cc(=O)oc2c3c(c(C(=O)[C@@H](C)CC)c(O)c12)OC(C(C)(C)O)C3. The first kappa shape index (κ1) is 23.8. The number of Topliss-reactive ketones (excluding diaryl/α,β-unsaturated/α-hetero) is 1. The maximum atomic E-state index is 13.3. The minimum Gasteiger partial charge on any atom is -0.506 e. The molecule has 8 nitrogen and oxygen atoms in total. The summed E-state index contributed by atoms with van der Waals surface area (Å²) in [6.45, 7) is 9.80. The Labute approximate surface area is 186 Å². The number of phenols is 1. The van der Waals surface area contributed by atoms with Crippen LogP contribution in [0.5, 0.6) is 11.5 Å². The van der Waals surface area contributed by atoms with Crippen molar-refractivity contribution >= 4 is 22.7 Å². The summed E-state index contributed by atoms with van der Waals surface area (Å²) in [4.78, 5) is 37.3. The number of ketones is 1. The van der Waals surface area contributed by atoms with Crippen molar-refractivity contribution in [2.75, 3.05) is 0 Å². The Hall–Kier alpha value is -2.87. The number of ether oxygens (including phenoxy) is 2. The highest BCUT2D eigenvalue weighted by Crippen LogP contribution is 2.48. The topological polar surface area (TPSA) is 123 Å². The molecule has 2 aromatic rings. The van der Waals surface area contributed by atoms with E-state index < -0.39 is 35.3 Å². The molecule has 0 fully saturated rings. The Balaban J connectivity index is 2.42. The van der Waals surface area contributed by atoms with Crippen molar-refractivity contribution in [2.24, 2.45) is 5.92 Å². The van der Waals surface area contributed by atoms with Crippen LogP contribution < -0.4 is 10.4 Å². The monoisotopic (exact) mass is 446 g/mol. The van der Waals surface area contributed by atoms with E-state index >= 15 is 0 Å². The molecule has 1 unspecified atom stereocenters. The molecule has 174 valence electrons. The summed E-state index contributed by atoms with van der Waals surface area (Å²) >= 11 is 0. The zero-order valence-electron chi connectivity index (χ0n) is 19.3. The Bertz CT molecular complexity index is 1120. The van der Waals surface area contributed by atoms with Crippen LogP contribution in [0.1, 0.15) is 82.0 Å². The number of fused-ring (bicyclic) bond motifs is 3. The summed E-state index contributed by atoms with van der Waals surface area (Å²) in [7, 11) is 0.